The van der Waals surface area contributed by atoms with E-state index in [4.69, 9.17) is 4.74 Å². The van der Waals surface area contributed by atoms with Gasteiger partial charge in [0.25, 0.3) is 0 Å². The predicted octanol–water partition coefficient (Wildman–Crippen LogP) is 0.0675. The topological polar surface area (TPSA) is 73.3 Å². The third-order valence-corrected chi connectivity index (χ3v) is 1.78. The minimum Gasteiger partial charge on any atom is -0.486 e. The van der Waals surface area contributed by atoms with Crippen LogP contribution < -0.4 is 10.1 Å². The van der Waals surface area contributed by atoms with Crippen LogP contribution in [0.3, 0.4) is 0 Å². The molecule has 1 N–H and O–H groups in total. The van der Waals surface area contributed by atoms with Gasteiger partial charge in [0.1, 0.15) is 6.61 Å². The summed E-state index contributed by atoms with van der Waals surface area (Å²) in [7, 11) is 1.29. The highest BCUT2D eigenvalue weighted by Gasteiger charge is 2.16. The number of methoxy groups -OCH3 is 1. The van der Waals surface area contributed by atoms with Crippen LogP contribution in [0, 0.1) is 0 Å². The first kappa shape index (κ1) is 8.74. The number of ether oxygens (including phenoxy) is 2. The van der Waals surface area contributed by atoms with Crippen molar-refractivity contribution >= 4 is 11.8 Å². The zero-order chi connectivity index (χ0) is 9.97. The van der Waals surface area contributed by atoms with Crippen LogP contribution in [0.4, 0.5) is 5.82 Å². The Hall–Kier alpha value is -1.85. The SMILES string of the molecule is COC(=O)c1ncc2c(n1)NCCO2. The normalized spacial score (nSPS) is 13.5. The second kappa shape index (κ2) is 3.49. The maximum Gasteiger partial charge on any atom is 0.376 e. The number of hydrogen-bond donors (Lipinski definition) is 1. The second-order valence-electron chi connectivity index (χ2n) is 2.67. The summed E-state index contributed by atoms with van der Waals surface area (Å²) < 4.78 is 9.75. The van der Waals surface area contributed by atoms with Gasteiger partial charge in [0, 0.05) is 0 Å². The van der Waals surface area contributed by atoms with E-state index in [0.29, 0.717) is 24.7 Å². The largest absolute Gasteiger partial charge is 0.486 e. The molecule has 2 rings (SSSR count). The average molecular weight is 195 g/mol. The van der Waals surface area contributed by atoms with E-state index in [1.54, 1.807) is 0 Å². The molecule has 0 saturated carbocycles. The summed E-state index contributed by atoms with van der Waals surface area (Å²) >= 11 is 0. The Bertz CT molecular complexity index is 367. The van der Waals surface area contributed by atoms with Crippen LogP contribution in [-0.4, -0.2) is 36.2 Å². The number of nitrogens with zero attached hydrogens (tertiary/aromatic N) is 2. The molecule has 0 fully saturated rings. The van der Waals surface area contributed by atoms with Crippen molar-refractivity contribution in [1.82, 2.24) is 9.97 Å². The third-order valence-electron chi connectivity index (χ3n) is 1.78. The number of aromatic nitrogens is 2. The fraction of sp³-hybridized carbons (Fsp3) is 0.375. The molecule has 1 aromatic heterocycles. The van der Waals surface area contributed by atoms with Crippen molar-refractivity contribution in [1.29, 1.82) is 0 Å². The van der Waals surface area contributed by atoms with Gasteiger partial charge in [-0.15, -0.1) is 0 Å². The van der Waals surface area contributed by atoms with E-state index >= 15 is 0 Å². The zero-order valence-electron chi connectivity index (χ0n) is 7.61. The van der Waals surface area contributed by atoms with Gasteiger partial charge in [0.2, 0.25) is 5.82 Å². The van der Waals surface area contributed by atoms with Crippen molar-refractivity contribution in [3.63, 3.8) is 0 Å². The predicted molar refractivity (Wildman–Crippen MR) is 47.4 cm³/mol. The summed E-state index contributed by atoms with van der Waals surface area (Å²) in [5.41, 5.74) is 0. The number of hydrogen-bond acceptors (Lipinski definition) is 6. The highest BCUT2D eigenvalue weighted by molar-refractivity contribution is 5.85. The van der Waals surface area contributed by atoms with Crippen molar-refractivity contribution in [2.24, 2.45) is 0 Å². The van der Waals surface area contributed by atoms with Crippen molar-refractivity contribution in [2.45, 2.75) is 0 Å². The van der Waals surface area contributed by atoms with Gasteiger partial charge >= 0.3 is 5.97 Å². The van der Waals surface area contributed by atoms with E-state index in [1.807, 2.05) is 0 Å². The summed E-state index contributed by atoms with van der Waals surface area (Å²) in [6.07, 6.45) is 1.46. The molecule has 0 bridgehead atoms. The summed E-state index contributed by atoms with van der Waals surface area (Å²) in [5.74, 6) is 0.569. The Labute approximate surface area is 80.3 Å². The lowest BCUT2D eigenvalue weighted by molar-refractivity contribution is 0.0586. The number of esters is 1. The van der Waals surface area contributed by atoms with Gasteiger partial charge in [-0.3, -0.25) is 0 Å². The molecule has 0 spiro atoms. The molecule has 1 aliphatic rings. The van der Waals surface area contributed by atoms with Crippen LogP contribution in [0.5, 0.6) is 5.75 Å². The molecular formula is C8H9N3O3. The molecule has 0 saturated heterocycles. The van der Waals surface area contributed by atoms with E-state index in [0.717, 1.165) is 0 Å². The molecule has 0 aliphatic carbocycles. The molecular weight excluding hydrogens is 186 g/mol. The van der Waals surface area contributed by atoms with Crippen LogP contribution in [0.15, 0.2) is 6.20 Å². The number of nitrogens with one attached hydrogen (secondary N) is 1. The Kier molecular flexibility index (Phi) is 2.18. The van der Waals surface area contributed by atoms with Crippen LogP contribution in [0.2, 0.25) is 0 Å². The Morgan fingerprint density at radius 2 is 2.57 bits per heavy atom. The molecule has 6 nitrogen and oxygen atoms in total. The maximum atomic E-state index is 11.1. The van der Waals surface area contributed by atoms with Crippen LogP contribution in [0.25, 0.3) is 0 Å². The average Bonchev–Trinajstić information content (AvgIpc) is 2.27. The lowest BCUT2D eigenvalue weighted by Gasteiger charge is -2.17. The summed E-state index contributed by atoms with van der Waals surface area (Å²) in [6.45, 7) is 1.25. The number of anilines is 1. The molecule has 0 amide bonds. The van der Waals surface area contributed by atoms with Gasteiger partial charge in [0.15, 0.2) is 11.6 Å². The van der Waals surface area contributed by atoms with Gasteiger partial charge < -0.3 is 14.8 Å². The molecule has 1 aliphatic heterocycles. The number of carbonyl (C=O) groups excluding carboxylic acids is 1. The molecule has 14 heavy (non-hydrogen) atoms. The molecule has 1 aromatic rings. The fourth-order valence-electron chi connectivity index (χ4n) is 1.12. The minimum atomic E-state index is -0.555. The standard InChI is InChI=1S/C8H9N3O3/c1-13-8(12)7-10-4-5-6(11-7)9-2-3-14-5/h4H,2-3H2,1H3,(H,9,10,11). The quantitative estimate of drug-likeness (QED) is 0.639. The maximum absolute atomic E-state index is 11.1. The van der Waals surface area contributed by atoms with Gasteiger partial charge in [-0.05, 0) is 0 Å². The van der Waals surface area contributed by atoms with E-state index in [-0.39, 0.29) is 5.82 Å². The summed E-state index contributed by atoms with van der Waals surface area (Å²) in [6, 6.07) is 0. The van der Waals surface area contributed by atoms with E-state index in [9.17, 15) is 4.79 Å². The van der Waals surface area contributed by atoms with Gasteiger partial charge in [-0.25, -0.2) is 14.8 Å². The van der Waals surface area contributed by atoms with E-state index in [2.05, 4.69) is 20.0 Å². The molecule has 6 heteroatoms. The molecule has 0 radical (unpaired) electrons. The van der Waals surface area contributed by atoms with Gasteiger partial charge in [-0.1, -0.05) is 0 Å². The monoisotopic (exact) mass is 195 g/mol. The Balaban J connectivity index is 2.33. The van der Waals surface area contributed by atoms with Crippen LogP contribution in [-0.2, 0) is 4.74 Å². The summed E-state index contributed by atoms with van der Waals surface area (Å²) in [5, 5.41) is 3.00. The number of fused-ring (bicyclic) bond motifs is 1. The lowest BCUT2D eigenvalue weighted by Crippen LogP contribution is -2.21. The van der Waals surface area contributed by atoms with Gasteiger partial charge in [-0.2, -0.15) is 0 Å². The highest BCUT2D eigenvalue weighted by atomic mass is 16.5. The minimum absolute atomic E-state index is 0.0317. The molecule has 0 aromatic carbocycles. The highest BCUT2D eigenvalue weighted by Crippen LogP contribution is 2.23. The van der Waals surface area contributed by atoms with E-state index < -0.39 is 5.97 Å². The molecule has 0 unspecified atom stereocenters. The van der Waals surface area contributed by atoms with Gasteiger partial charge in [0.05, 0.1) is 19.9 Å². The first-order valence-electron chi connectivity index (χ1n) is 4.13. The first-order valence-corrected chi connectivity index (χ1v) is 4.13. The number of rotatable bonds is 1. The van der Waals surface area contributed by atoms with Crippen molar-refractivity contribution < 1.29 is 14.3 Å². The lowest BCUT2D eigenvalue weighted by atomic mass is 10.4. The summed E-state index contributed by atoms with van der Waals surface area (Å²) in [4.78, 5) is 18.9. The number of carbonyl (C=O) groups is 1. The van der Waals surface area contributed by atoms with E-state index in [1.165, 1.54) is 13.3 Å². The first-order chi connectivity index (χ1) is 6.81. The third kappa shape index (κ3) is 1.46. The second-order valence-corrected chi connectivity index (χ2v) is 2.67. The molecule has 0 atom stereocenters. The zero-order valence-corrected chi connectivity index (χ0v) is 7.61. The fourth-order valence-corrected chi connectivity index (χ4v) is 1.12. The smallest absolute Gasteiger partial charge is 0.376 e. The van der Waals surface area contributed by atoms with Crippen molar-refractivity contribution in [2.75, 3.05) is 25.6 Å². The van der Waals surface area contributed by atoms with Crippen molar-refractivity contribution in [3.05, 3.63) is 12.0 Å². The van der Waals surface area contributed by atoms with Crippen LogP contribution >= 0.6 is 0 Å². The Morgan fingerprint density at radius 1 is 1.71 bits per heavy atom. The molecule has 74 valence electrons. The van der Waals surface area contributed by atoms with Crippen molar-refractivity contribution in [3.8, 4) is 5.75 Å². The van der Waals surface area contributed by atoms with Crippen LogP contribution in [0.1, 0.15) is 10.6 Å². The Morgan fingerprint density at radius 3 is 3.36 bits per heavy atom. The molecule has 2 heterocycles.